The van der Waals surface area contributed by atoms with E-state index in [0.29, 0.717) is 5.56 Å². The van der Waals surface area contributed by atoms with Crippen LogP contribution in [0.25, 0.3) is 0 Å². The zero-order chi connectivity index (χ0) is 16.4. The van der Waals surface area contributed by atoms with Crippen LogP contribution in [0.2, 0.25) is 0 Å². The van der Waals surface area contributed by atoms with Crippen molar-refractivity contribution in [3.63, 3.8) is 0 Å². The molecule has 23 heavy (non-hydrogen) atoms. The molecular formula is C19H20FNO2. The molecule has 0 bridgehead atoms. The second kappa shape index (κ2) is 6.13. The monoisotopic (exact) mass is 313 g/mol. The molecule has 120 valence electrons. The van der Waals surface area contributed by atoms with Crippen molar-refractivity contribution in [1.29, 1.82) is 0 Å². The number of rotatable bonds is 5. The first-order valence-electron chi connectivity index (χ1n) is 7.83. The zero-order valence-corrected chi connectivity index (χ0v) is 13.0. The maximum atomic E-state index is 13.0. The molecule has 0 heterocycles. The predicted octanol–water partition coefficient (Wildman–Crippen LogP) is 3.10. The van der Waals surface area contributed by atoms with Crippen molar-refractivity contribution in [2.75, 3.05) is 0 Å². The molecule has 3 rings (SSSR count). The molecule has 4 heteroatoms. The first-order chi connectivity index (χ1) is 11.0. The summed E-state index contributed by atoms with van der Waals surface area (Å²) in [6.45, 7) is 1.76. The van der Waals surface area contributed by atoms with Crippen molar-refractivity contribution in [1.82, 2.24) is 5.32 Å². The highest BCUT2D eigenvalue weighted by Crippen LogP contribution is 2.48. The minimum Gasteiger partial charge on any atom is -0.386 e. The van der Waals surface area contributed by atoms with Crippen molar-refractivity contribution >= 4 is 5.91 Å². The van der Waals surface area contributed by atoms with Crippen molar-refractivity contribution in [2.24, 2.45) is 0 Å². The predicted molar refractivity (Wildman–Crippen MR) is 86.3 cm³/mol. The average molecular weight is 313 g/mol. The van der Waals surface area contributed by atoms with Crippen LogP contribution >= 0.6 is 0 Å². The van der Waals surface area contributed by atoms with Crippen LogP contribution in [0.3, 0.4) is 0 Å². The van der Waals surface area contributed by atoms with Gasteiger partial charge >= 0.3 is 0 Å². The second-order valence-electron chi connectivity index (χ2n) is 6.21. The third kappa shape index (κ3) is 3.13. The number of nitrogens with one attached hydrogen (secondary N) is 1. The highest BCUT2D eigenvalue weighted by Gasteiger charge is 2.51. The van der Waals surface area contributed by atoms with Gasteiger partial charge < -0.3 is 10.4 Å². The van der Waals surface area contributed by atoms with E-state index in [1.54, 1.807) is 6.92 Å². The van der Waals surface area contributed by atoms with Gasteiger partial charge in [-0.2, -0.15) is 0 Å². The average Bonchev–Trinajstić information content (AvgIpc) is 3.37. The van der Waals surface area contributed by atoms with Crippen molar-refractivity contribution in [3.05, 3.63) is 71.5 Å². The maximum Gasteiger partial charge on any atom is 0.230 e. The Morgan fingerprint density at radius 2 is 1.74 bits per heavy atom. The Morgan fingerprint density at radius 3 is 2.30 bits per heavy atom. The molecule has 0 aromatic heterocycles. The van der Waals surface area contributed by atoms with Crippen molar-refractivity contribution < 1.29 is 14.3 Å². The fraction of sp³-hybridized carbons (Fsp3) is 0.316. The fourth-order valence-electron chi connectivity index (χ4n) is 2.90. The Hall–Kier alpha value is -2.20. The van der Waals surface area contributed by atoms with Gasteiger partial charge in [-0.25, -0.2) is 4.39 Å². The van der Waals surface area contributed by atoms with E-state index in [-0.39, 0.29) is 11.7 Å². The van der Waals surface area contributed by atoms with Crippen LogP contribution in [-0.2, 0) is 10.2 Å². The van der Waals surface area contributed by atoms with Gasteiger partial charge in [-0.05, 0) is 43.0 Å². The van der Waals surface area contributed by atoms with Crippen molar-refractivity contribution in [3.8, 4) is 0 Å². The van der Waals surface area contributed by atoms with E-state index in [4.69, 9.17) is 0 Å². The molecule has 1 aliphatic carbocycles. The number of hydrogen-bond donors (Lipinski definition) is 2. The minimum atomic E-state index is -0.869. The summed E-state index contributed by atoms with van der Waals surface area (Å²) in [5, 5.41) is 13.3. The number of amides is 1. The van der Waals surface area contributed by atoms with E-state index in [2.05, 4.69) is 5.32 Å². The number of halogens is 1. The van der Waals surface area contributed by atoms with Crippen LogP contribution in [0.5, 0.6) is 0 Å². The number of aliphatic hydroxyl groups is 1. The van der Waals surface area contributed by atoms with Gasteiger partial charge in [0.15, 0.2) is 0 Å². The maximum absolute atomic E-state index is 13.0. The summed E-state index contributed by atoms with van der Waals surface area (Å²) in [6.07, 6.45) is 0.774. The largest absolute Gasteiger partial charge is 0.386 e. The number of benzene rings is 2. The lowest BCUT2D eigenvalue weighted by atomic mass is 9.94. The first-order valence-corrected chi connectivity index (χ1v) is 7.83. The van der Waals surface area contributed by atoms with Gasteiger partial charge in [0, 0.05) is 0 Å². The lowest BCUT2D eigenvalue weighted by Gasteiger charge is -2.24. The lowest BCUT2D eigenvalue weighted by Crippen LogP contribution is -2.43. The molecule has 0 spiro atoms. The molecule has 1 amide bonds. The Labute approximate surface area is 135 Å². The normalized spacial score (nSPS) is 18.0. The summed E-state index contributed by atoms with van der Waals surface area (Å²) in [4.78, 5) is 12.6. The highest BCUT2D eigenvalue weighted by atomic mass is 19.1. The molecule has 3 nitrogen and oxygen atoms in total. The van der Waals surface area contributed by atoms with Crippen LogP contribution in [0.15, 0.2) is 54.6 Å². The highest BCUT2D eigenvalue weighted by molar-refractivity contribution is 5.91. The summed E-state index contributed by atoms with van der Waals surface area (Å²) < 4.78 is 13.0. The van der Waals surface area contributed by atoms with Gasteiger partial charge in [0.25, 0.3) is 0 Å². The summed E-state index contributed by atoms with van der Waals surface area (Å²) in [7, 11) is 0. The molecule has 2 atom stereocenters. The molecule has 0 radical (unpaired) electrons. The number of hydrogen-bond acceptors (Lipinski definition) is 2. The van der Waals surface area contributed by atoms with E-state index in [0.717, 1.165) is 18.4 Å². The van der Waals surface area contributed by atoms with Gasteiger partial charge in [-0.1, -0.05) is 42.5 Å². The van der Waals surface area contributed by atoms with Gasteiger partial charge in [0.05, 0.1) is 17.6 Å². The van der Waals surface area contributed by atoms with E-state index in [9.17, 15) is 14.3 Å². The third-order valence-electron chi connectivity index (χ3n) is 4.55. The van der Waals surface area contributed by atoms with E-state index in [1.807, 2.05) is 30.3 Å². The summed E-state index contributed by atoms with van der Waals surface area (Å²) in [5.74, 6) is -0.406. The molecule has 2 aromatic rings. The molecule has 0 saturated heterocycles. The number of carbonyl (C=O) groups is 1. The van der Waals surface area contributed by atoms with Gasteiger partial charge in [0.2, 0.25) is 5.91 Å². The fourth-order valence-corrected chi connectivity index (χ4v) is 2.90. The SMILES string of the molecule is CC(NC(=O)C1(c2ccccc2)CC1)C(O)c1ccc(F)cc1. The van der Waals surface area contributed by atoms with Crippen LogP contribution in [0, 0.1) is 5.82 Å². The number of aliphatic hydroxyl groups excluding tert-OH is 1. The smallest absolute Gasteiger partial charge is 0.230 e. The Morgan fingerprint density at radius 1 is 1.13 bits per heavy atom. The summed E-state index contributed by atoms with van der Waals surface area (Å²) in [6, 6.07) is 14.9. The summed E-state index contributed by atoms with van der Waals surface area (Å²) >= 11 is 0. The van der Waals surface area contributed by atoms with E-state index in [1.165, 1.54) is 24.3 Å². The Balaban J connectivity index is 1.69. The van der Waals surface area contributed by atoms with Crippen LogP contribution < -0.4 is 5.32 Å². The van der Waals surface area contributed by atoms with Gasteiger partial charge in [-0.3, -0.25) is 4.79 Å². The third-order valence-corrected chi connectivity index (χ3v) is 4.55. The molecule has 2 N–H and O–H groups in total. The summed E-state index contributed by atoms with van der Waals surface area (Å²) in [5.41, 5.74) is 1.14. The van der Waals surface area contributed by atoms with Crippen molar-refractivity contribution in [2.45, 2.75) is 37.3 Å². The van der Waals surface area contributed by atoms with Gasteiger partial charge in [0.1, 0.15) is 5.82 Å². The molecular weight excluding hydrogens is 293 g/mol. The van der Waals surface area contributed by atoms with E-state index >= 15 is 0 Å². The number of carbonyl (C=O) groups excluding carboxylic acids is 1. The Kier molecular flexibility index (Phi) is 4.18. The quantitative estimate of drug-likeness (QED) is 0.891. The van der Waals surface area contributed by atoms with Crippen LogP contribution in [-0.4, -0.2) is 17.1 Å². The van der Waals surface area contributed by atoms with E-state index < -0.39 is 17.6 Å². The van der Waals surface area contributed by atoms with Gasteiger partial charge in [-0.15, -0.1) is 0 Å². The lowest BCUT2D eigenvalue weighted by molar-refractivity contribution is -0.125. The molecule has 2 unspecified atom stereocenters. The second-order valence-corrected chi connectivity index (χ2v) is 6.21. The molecule has 1 aliphatic rings. The molecule has 1 fully saturated rings. The molecule has 1 saturated carbocycles. The zero-order valence-electron chi connectivity index (χ0n) is 13.0. The topological polar surface area (TPSA) is 49.3 Å². The Bertz CT molecular complexity index is 680. The molecule has 2 aromatic carbocycles. The first kappa shape index (κ1) is 15.7. The molecule has 0 aliphatic heterocycles. The van der Waals surface area contributed by atoms with Crippen LogP contribution in [0.1, 0.15) is 37.0 Å². The minimum absolute atomic E-state index is 0.0580. The van der Waals surface area contributed by atoms with Crippen LogP contribution in [0.4, 0.5) is 4.39 Å². The standard InChI is InChI=1S/C19H20FNO2/c1-13(17(22)14-7-9-16(20)10-8-14)21-18(23)19(11-12-19)15-5-3-2-4-6-15/h2-10,13,17,22H,11-12H2,1H3,(H,21,23).